The molecule has 582 valence electrons. The number of ether oxygens (including phenoxy) is 8. The third kappa shape index (κ3) is 22.1. The highest BCUT2D eigenvalue weighted by atomic mass is 32.1. The maximum Gasteiger partial charge on any atom is 0.422 e. The number of thiophene rings is 6. The number of nitrogens with zero attached hydrogens (tertiary/aromatic N) is 2. The van der Waals surface area contributed by atoms with E-state index < -0.39 is 35.2 Å². The first-order chi connectivity index (χ1) is 52.3. The van der Waals surface area contributed by atoms with Gasteiger partial charge in [0, 0.05) is 48.8 Å². The summed E-state index contributed by atoms with van der Waals surface area (Å²) in [7, 11) is 0. The molecular weight excluding hydrogens is 1470 g/mol. The standard InChI is InChI=1S/C88H112N2O12S6/c1-13-19-25-31-49-95-61-55-59(56-62(96-50-32-26-20-14-2)81(61)99-53-35-29-23-17-5)65-37-39-67(103-65)69-41-43-71(105-69)73-45-47-75(107-73)79-77-78(84(92)89(79)85(93)101-87(7,8)9)80(90(83(77)91)86(94)102-88(10,11)12)76-48-46-74(108-76)72-44-42-70(106-72)68-40-38-66(104-68)60-57-63(97-51-33-27-21-15-3)82(100-54-36-30-24-18-6)64(58-60)98-52-34-28-22-16-4/h37-48,55-58H,13-36,49-54H2,1-12H3. The highest BCUT2D eigenvalue weighted by molar-refractivity contribution is 7.28. The van der Waals surface area contributed by atoms with Gasteiger partial charge in [-0.05, 0) is 188 Å². The quantitative estimate of drug-likeness (QED) is 0.0335. The Kier molecular flexibility index (Phi) is 31.3. The lowest BCUT2D eigenvalue weighted by atomic mass is 10.1. The number of fused-ring (bicyclic) bond motifs is 1. The highest BCUT2D eigenvalue weighted by Gasteiger charge is 2.55. The van der Waals surface area contributed by atoms with E-state index in [2.05, 4.69) is 114 Å². The first kappa shape index (κ1) is 83.3. The number of amides is 4. The van der Waals surface area contributed by atoms with E-state index in [0.29, 0.717) is 83.9 Å². The predicted octanol–water partition coefficient (Wildman–Crippen LogP) is 27.5. The van der Waals surface area contributed by atoms with Gasteiger partial charge in [-0.3, -0.25) is 9.59 Å². The Morgan fingerprint density at radius 1 is 0.296 bits per heavy atom. The van der Waals surface area contributed by atoms with Crippen molar-refractivity contribution in [3.63, 3.8) is 0 Å². The van der Waals surface area contributed by atoms with Crippen molar-refractivity contribution < 1.29 is 57.1 Å². The molecule has 8 heterocycles. The van der Waals surface area contributed by atoms with E-state index >= 15 is 9.59 Å². The molecule has 10 rings (SSSR count). The van der Waals surface area contributed by atoms with E-state index in [1.165, 1.54) is 35.5 Å². The lowest BCUT2D eigenvalue weighted by Crippen LogP contribution is -2.40. The summed E-state index contributed by atoms with van der Waals surface area (Å²) >= 11 is 9.33. The second-order valence-electron chi connectivity index (χ2n) is 29.7. The first-order valence-electron chi connectivity index (χ1n) is 39.6. The van der Waals surface area contributed by atoms with E-state index in [4.69, 9.17) is 37.9 Å². The van der Waals surface area contributed by atoms with Gasteiger partial charge in [0.1, 0.15) is 11.2 Å². The largest absolute Gasteiger partial charge is 0.490 e. The number of rotatable bonds is 44. The molecule has 108 heavy (non-hydrogen) atoms. The van der Waals surface area contributed by atoms with Gasteiger partial charge in [0.15, 0.2) is 23.0 Å². The zero-order valence-corrected chi connectivity index (χ0v) is 70.6. The molecule has 0 radical (unpaired) electrons. The van der Waals surface area contributed by atoms with Crippen LogP contribution in [0.2, 0.25) is 0 Å². The van der Waals surface area contributed by atoms with Crippen LogP contribution >= 0.6 is 68.0 Å². The molecule has 0 N–H and O–H groups in total. The van der Waals surface area contributed by atoms with Crippen molar-refractivity contribution in [1.29, 1.82) is 0 Å². The molecule has 0 spiro atoms. The number of hydrogen-bond donors (Lipinski definition) is 0. The summed E-state index contributed by atoms with van der Waals surface area (Å²) in [6.07, 6.45) is 24.3. The second kappa shape index (κ2) is 40.7. The van der Waals surface area contributed by atoms with E-state index in [0.717, 1.165) is 211 Å². The Balaban J connectivity index is 0.961. The van der Waals surface area contributed by atoms with Crippen molar-refractivity contribution >= 4 is 103 Å². The van der Waals surface area contributed by atoms with Crippen molar-refractivity contribution in [1.82, 2.24) is 9.80 Å². The Bertz CT molecular complexity index is 3990. The van der Waals surface area contributed by atoms with Gasteiger partial charge < -0.3 is 37.9 Å². The van der Waals surface area contributed by atoms with Gasteiger partial charge >= 0.3 is 12.2 Å². The molecule has 4 amide bonds. The lowest BCUT2D eigenvalue weighted by Gasteiger charge is -2.27. The van der Waals surface area contributed by atoms with Gasteiger partial charge in [-0.25, -0.2) is 19.4 Å². The van der Waals surface area contributed by atoms with Crippen LogP contribution in [0.1, 0.15) is 247 Å². The van der Waals surface area contributed by atoms with Gasteiger partial charge in [-0.15, -0.1) is 68.0 Å². The Morgan fingerprint density at radius 3 is 0.750 bits per heavy atom. The normalized spacial score (nSPS) is 13.2. The summed E-state index contributed by atoms with van der Waals surface area (Å²) in [4.78, 5) is 73.3. The summed E-state index contributed by atoms with van der Waals surface area (Å²) in [6, 6.07) is 33.0. The van der Waals surface area contributed by atoms with E-state index in [1.54, 1.807) is 86.9 Å². The van der Waals surface area contributed by atoms with Crippen LogP contribution in [0.15, 0.2) is 108 Å². The fourth-order valence-electron chi connectivity index (χ4n) is 12.8. The van der Waals surface area contributed by atoms with Crippen molar-refractivity contribution in [3.05, 3.63) is 118 Å². The van der Waals surface area contributed by atoms with Gasteiger partial charge in [-0.1, -0.05) is 157 Å². The molecule has 14 nitrogen and oxygen atoms in total. The maximum atomic E-state index is 15.5. The Labute approximate surface area is 665 Å². The molecule has 6 aromatic heterocycles. The Hall–Kier alpha value is -7.20. The number of carbonyl (C=O) groups is 4. The molecule has 20 heteroatoms. The van der Waals surface area contributed by atoms with Crippen LogP contribution < -0.4 is 28.4 Å². The topological polar surface area (TPSA) is 149 Å². The third-order valence-electron chi connectivity index (χ3n) is 18.4. The number of carbonyl (C=O) groups excluding carboxylic acids is 4. The summed E-state index contributed by atoms with van der Waals surface area (Å²) in [5.41, 5.74) is -0.105. The van der Waals surface area contributed by atoms with Crippen molar-refractivity contribution in [2.45, 2.75) is 248 Å². The average Bonchev–Trinajstić information content (AvgIpc) is 1.54. The highest BCUT2D eigenvalue weighted by Crippen LogP contribution is 2.54. The third-order valence-corrected chi connectivity index (χ3v) is 25.8. The van der Waals surface area contributed by atoms with Gasteiger partial charge in [0.05, 0.1) is 71.9 Å². The van der Waals surface area contributed by atoms with Gasteiger partial charge in [0.25, 0.3) is 11.8 Å². The van der Waals surface area contributed by atoms with Crippen LogP contribution in [0.4, 0.5) is 9.59 Å². The second-order valence-corrected chi connectivity index (χ2v) is 36.2. The van der Waals surface area contributed by atoms with Gasteiger partial charge in [-0.2, -0.15) is 0 Å². The van der Waals surface area contributed by atoms with E-state index in [1.807, 2.05) is 24.3 Å². The molecule has 0 saturated heterocycles. The lowest BCUT2D eigenvalue weighted by molar-refractivity contribution is -0.123. The first-order valence-corrected chi connectivity index (χ1v) is 44.5. The van der Waals surface area contributed by atoms with Gasteiger partial charge in [0.2, 0.25) is 11.5 Å². The fourth-order valence-corrected chi connectivity index (χ4v) is 19.2. The molecule has 0 aliphatic carbocycles. The minimum absolute atomic E-state index is 0.0460. The molecule has 2 aliphatic rings. The van der Waals surface area contributed by atoms with Crippen LogP contribution in [0.25, 0.3) is 71.3 Å². The number of hydrogen-bond acceptors (Lipinski definition) is 18. The molecule has 0 fully saturated rings. The molecule has 0 atom stereocenters. The molecule has 0 bridgehead atoms. The van der Waals surface area contributed by atoms with E-state index in [-0.39, 0.29) is 22.5 Å². The number of benzene rings is 2. The summed E-state index contributed by atoms with van der Waals surface area (Å²) in [6.45, 7) is 27.2. The number of imide groups is 2. The SMILES string of the molecule is CCCCCCOc1cc(-c2ccc(-c3ccc(-c4ccc(C5=C6C(=O)N(C(=O)OC(C)(C)C)C(c7ccc(-c8ccc(-c9ccc(-c%10cc(OCCCCCC)c(OCCCCCC)c(OCCCCCC)c%10)s9)s8)s7)=C6C(=O)N5C(=O)OC(C)(C)C)s4)s3)s2)cc(OCCCCCC)c1OCCCCCC. The summed E-state index contributed by atoms with van der Waals surface area (Å²) in [5.74, 6) is 2.62. The fraction of sp³-hybridized carbons (Fsp3) is 0.500. The monoisotopic (exact) mass is 1580 g/mol. The van der Waals surface area contributed by atoms with Crippen molar-refractivity contribution in [3.8, 4) is 94.4 Å². The zero-order valence-electron chi connectivity index (χ0n) is 65.7. The average molecular weight is 1580 g/mol. The zero-order chi connectivity index (χ0) is 76.7. The molecular formula is C88H112N2O12S6. The molecule has 0 saturated carbocycles. The van der Waals surface area contributed by atoms with Crippen LogP contribution in [0.3, 0.4) is 0 Å². The maximum absolute atomic E-state index is 15.5. The molecule has 2 aromatic carbocycles. The van der Waals surface area contributed by atoms with E-state index in [9.17, 15) is 9.59 Å². The van der Waals surface area contributed by atoms with Crippen LogP contribution in [0, 0.1) is 0 Å². The molecule has 0 unspecified atom stereocenters. The predicted molar refractivity (Wildman–Crippen MR) is 451 cm³/mol. The van der Waals surface area contributed by atoms with Crippen molar-refractivity contribution in [2.75, 3.05) is 39.6 Å². The minimum Gasteiger partial charge on any atom is -0.490 e. The smallest absolute Gasteiger partial charge is 0.422 e. The summed E-state index contributed by atoms with van der Waals surface area (Å²) in [5, 5.41) is 0. The number of unbranched alkanes of at least 4 members (excludes halogenated alkanes) is 18. The Morgan fingerprint density at radius 2 is 0.509 bits per heavy atom. The van der Waals surface area contributed by atoms with Crippen LogP contribution in [0.5, 0.6) is 34.5 Å². The molecule has 2 aliphatic heterocycles. The minimum atomic E-state index is -1.01. The molecule has 8 aromatic rings. The summed E-state index contributed by atoms with van der Waals surface area (Å²) < 4.78 is 51.6. The van der Waals surface area contributed by atoms with Crippen LogP contribution in [-0.2, 0) is 19.1 Å². The van der Waals surface area contributed by atoms with Crippen LogP contribution in [-0.4, -0.2) is 84.6 Å². The van der Waals surface area contributed by atoms with Crippen molar-refractivity contribution in [2.24, 2.45) is 0 Å².